The summed E-state index contributed by atoms with van der Waals surface area (Å²) in [5.74, 6) is 0.0476. The van der Waals surface area contributed by atoms with Gasteiger partial charge in [0.05, 0.1) is 20.3 Å². The maximum Gasteiger partial charge on any atom is 0.329 e. The number of methoxy groups -OCH3 is 1. The summed E-state index contributed by atoms with van der Waals surface area (Å²) in [6.07, 6.45) is 1.53. The number of carbonyl (C=O) groups is 2. The van der Waals surface area contributed by atoms with Gasteiger partial charge in [0.25, 0.3) is 5.91 Å². The molecule has 146 valence electrons. The highest BCUT2D eigenvalue weighted by Gasteiger charge is 2.34. The first-order valence-corrected chi connectivity index (χ1v) is 9.32. The first-order chi connectivity index (χ1) is 13.4. The van der Waals surface area contributed by atoms with Crippen molar-refractivity contribution < 1.29 is 23.5 Å². The van der Waals surface area contributed by atoms with Gasteiger partial charge < -0.3 is 14.8 Å². The number of ether oxygens (including phenoxy) is 2. The molecular weight excluding hydrogens is 431 g/mol. The Morgan fingerprint density at radius 1 is 1.21 bits per heavy atom. The minimum atomic E-state index is -0.603. The molecule has 0 spiro atoms. The molecule has 0 unspecified atom stereocenters. The first-order valence-electron chi connectivity index (χ1n) is 8.52. The van der Waals surface area contributed by atoms with E-state index in [1.807, 2.05) is 6.92 Å². The Balaban J connectivity index is 1.88. The van der Waals surface area contributed by atoms with E-state index < -0.39 is 17.8 Å². The fourth-order valence-corrected chi connectivity index (χ4v) is 3.19. The molecule has 1 N–H and O–H groups in total. The van der Waals surface area contributed by atoms with Crippen LogP contribution in [0.1, 0.15) is 18.1 Å². The van der Waals surface area contributed by atoms with Crippen LogP contribution in [0, 0.1) is 5.82 Å². The molecule has 2 aromatic carbocycles. The Labute approximate surface area is 170 Å². The second kappa shape index (κ2) is 8.43. The SMILES string of the molecule is CCOc1cc(Br)c(/C=C2\NC(=O)N(Cc3ccccc3F)C2=O)cc1OC. The molecule has 1 aliphatic heterocycles. The van der Waals surface area contributed by atoms with E-state index in [4.69, 9.17) is 9.47 Å². The summed E-state index contributed by atoms with van der Waals surface area (Å²) in [6.45, 7) is 2.19. The molecule has 0 atom stereocenters. The van der Waals surface area contributed by atoms with Gasteiger partial charge in [0.1, 0.15) is 11.5 Å². The average Bonchev–Trinajstić information content (AvgIpc) is 2.93. The summed E-state index contributed by atoms with van der Waals surface area (Å²) in [5.41, 5.74) is 0.973. The van der Waals surface area contributed by atoms with Crippen molar-refractivity contribution in [3.05, 3.63) is 63.5 Å². The van der Waals surface area contributed by atoms with Crippen LogP contribution in [-0.2, 0) is 11.3 Å². The minimum absolute atomic E-state index is 0.0910. The van der Waals surface area contributed by atoms with Crippen molar-refractivity contribution in [2.75, 3.05) is 13.7 Å². The third-order valence-electron chi connectivity index (χ3n) is 4.13. The van der Waals surface area contributed by atoms with E-state index >= 15 is 0 Å². The summed E-state index contributed by atoms with van der Waals surface area (Å²) < 4.78 is 25.4. The molecular formula is C20H18BrFN2O4. The number of halogens is 2. The van der Waals surface area contributed by atoms with Crippen LogP contribution >= 0.6 is 15.9 Å². The number of carbonyl (C=O) groups excluding carboxylic acids is 2. The van der Waals surface area contributed by atoms with Crippen LogP contribution in [0.15, 0.2) is 46.6 Å². The van der Waals surface area contributed by atoms with Gasteiger partial charge in [0.15, 0.2) is 11.5 Å². The van der Waals surface area contributed by atoms with Gasteiger partial charge in [0, 0.05) is 10.0 Å². The molecule has 3 amide bonds. The Kier molecular flexibility index (Phi) is 5.99. The number of benzene rings is 2. The second-order valence-corrected chi connectivity index (χ2v) is 6.78. The van der Waals surface area contributed by atoms with E-state index in [-0.39, 0.29) is 17.8 Å². The van der Waals surface area contributed by atoms with Gasteiger partial charge in [-0.1, -0.05) is 34.1 Å². The fourth-order valence-electron chi connectivity index (χ4n) is 2.76. The summed E-state index contributed by atoms with van der Waals surface area (Å²) >= 11 is 3.43. The topological polar surface area (TPSA) is 67.9 Å². The molecule has 1 saturated heterocycles. The van der Waals surface area contributed by atoms with Crippen molar-refractivity contribution in [2.45, 2.75) is 13.5 Å². The summed E-state index contributed by atoms with van der Waals surface area (Å²) in [7, 11) is 1.52. The highest BCUT2D eigenvalue weighted by molar-refractivity contribution is 9.10. The molecule has 1 fully saturated rings. The van der Waals surface area contributed by atoms with E-state index in [2.05, 4.69) is 21.2 Å². The number of hydrogen-bond acceptors (Lipinski definition) is 4. The summed E-state index contributed by atoms with van der Waals surface area (Å²) in [6, 6.07) is 8.84. The number of urea groups is 1. The Morgan fingerprint density at radius 2 is 1.96 bits per heavy atom. The Bertz CT molecular complexity index is 961. The standard InChI is InChI=1S/C20H18BrFN2O4/c1-3-28-18-10-14(21)13(9-17(18)27-2)8-16-19(25)24(20(26)23-16)11-12-6-4-5-7-15(12)22/h4-10H,3,11H2,1-2H3,(H,23,26)/b16-8-. The van der Waals surface area contributed by atoms with Crippen LogP contribution in [0.4, 0.5) is 9.18 Å². The third kappa shape index (κ3) is 4.01. The molecule has 1 aliphatic rings. The lowest BCUT2D eigenvalue weighted by atomic mass is 10.1. The third-order valence-corrected chi connectivity index (χ3v) is 4.82. The van der Waals surface area contributed by atoms with Crippen LogP contribution in [0.25, 0.3) is 6.08 Å². The highest BCUT2D eigenvalue weighted by Crippen LogP contribution is 2.35. The molecule has 1 heterocycles. The van der Waals surface area contributed by atoms with Gasteiger partial charge in [-0.15, -0.1) is 0 Å². The Hall–Kier alpha value is -2.87. The van der Waals surface area contributed by atoms with E-state index in [0.717, 1.165) is 4.90 Å². The van der Waals surface area contributed by atoms with Crippen LogP contribution in [0.2, 0.25) is 0 Å². The van der Waals surface area contributed by atoms with E-state index in [0.29, 0.717) is 28.1 Å². The number of hydrogen-bond donors (Lipinski definition) is 1. The lowest BCUT2D eigenvalue weighted by Gasteiger charge is -2.12. The first kappa shape index (κ1) is 19.9. The monoisotopic (exact) mass is 448 g/mol. The number of rotatable bonds is 6. The predicted octanol–water partition coefficient (Wildman–Crippen LogP) is 4.09. The van der Waals surface area contributed by atoms with Crippen LogP contribution < -0.4 is 14.8 Å². The maximum absolute atomic E-state index is 13.9. The minimum Gasteiger partial charge on any atom is -0.493 e. The second-order valence-electron chi connectivity index (χ2n) is 5.93. The van der Waals surface area contributed by atoms with E-state index in [1.165, 1.54) is 25.3 Å². The zero-order valence-electron chi connectivity index (χ0n) is 15.3. The van der Waals surface area contributed by atoms with Gasteiger partial charge in [0.2, 0.25) is 0 Å². The van der Waals surface area contributed by atoms with Gasteiger partial charge in [-0.2, -0.15) is 0 Å². The normalized spacial score (nSPS) is 15.1. The molecule has 2 aromatic rings. The highest BCUT2D eigenvalue weighted by atomic mass is 79.9. The number of imide groups is 1. The summed E-state index contributed by atoms with van der Waals surface area (Å²) in [4.78, 5) is 25.8. The van der Waals surface area contributed by atoms with Crippen molar-refractivity contribution in [3.63, 3.8) is 0 Å². The zero-order chi connectivity index (χ0) is 20.3. The van der Waals surface area contributed by atoms with Gasteiger partial charge in [-0.25, -0.2) is 9.18 Å². The lowest BCUT2D eigenvalue weighted by Crippen LogP contribution is -2.30. The van der Waals surface area contributed by atoms with E-state index in [1.54, 1.807) is 24.3 Å². The number of amides is 3. The smallest absolute Gasteiger partial charge is 0.329 e. The van der Waals surface area contributed by atoms with Crippen LogP contribution in [0.5, 0.6) is 11.5 Å². The molecule has 3 rings (SSSR count). The summed E-state index contributed by atoms with van der Waals surface area (Å²) in [5, 5.41) is 2.53. The van der Waals surface area contributed by atoms with Crippen LogP contribution in [0.3, 0.4) is 0 Å². The molecule has 0 aliphatic carbocycles. The van der Waals surface area contributed by atoms with Crippen molar-refractivity contribution in [2.24, 2.45) is 0 Å². The Morgan fingerprint density at radius 3 is 2.64 bits per heavy atom. The maximum atomic E-state index is 13.9. The molecule has 0 saturated carbocycles. The van der Waals surface area contributed by atoms with Crippen molar-refractivity contribution in [1.82, 2.24) is 10.2 Å². The molecule has 0 bridgehead atoms. The lowest BCUT2D eigenvalue weighted by molar-refractivity contribution is -0.123. The largest absolute Gasteiger partial charge is 0.493 e. The molecule has 0 radical (unpaired) electrons. The van der Waals surface area contributed by atoms with Gasteiger partial charge in [-0.05, 0) is 36.8 Å². The van der Waals surface area contributed by atoms with Crippen molar-refractivity contribution >= 4 is 33.9 Å². The molecule has 8 heteroatoms. The van der Waals surface area contributed by atoms with Crippen LogP contribution in [-0.4, -0.2) is 30.6 Å². The zero-order valence-corrected chi connectivity index (χ0v) is 16.9. The van der Waals surface area contributed by atoms with Gasteiger partial charge >= 0.3 is 6.03 Å². The number of nitrogens with one attached hydrogen (secondary N) is 1. The van der Waals surface area contributed by atoms with Crippen molar-refractivity contribution in [1.29, 1.82) is 0 Å². The molecule has 6 nitrogen and oxygen atoms in total. The number of nitrogens with zero attached hydrogens (tertiary/aromatic N) is 1. The van der Waals surface area contributed by atoms with Gasteiger partial charge in [-0.3, -0.25) is 9.69 Å². The predicted molar refractivity (Wildman–Crippen MR) is 105 cm³/mol. The quantitative estimate of drug-likeness (QED) is 0.533. The van der Waals surface area contributed by atoms with Crippen molar-refractivity contribution in [3.8, 4) is 11.5 Å². The van der Waals surface area contributed by atoms with E-state index in [9.17, 15) is 14.0 Å². The molecule has 0 aromatic heterocycles. The fraction of sp³-hybridized carbons (Fsp3) is 0.200. The molecule has 28 heavy (non-hydrogen) atoms. The average molecular weight is 449 g/mol.